The smallest absolute Gasteiger partial charge is 0.322 e. The summed E-state index contributed by atoms with van der Waals surface area (Å²) in [6.07, 6.45) is 2.85. The first-order valence-corrected chi connectivity index (χ1v) is 8.08. The average Bonchev–Trinajstić information content (AvgIpc) is 2.87. The minimum absolute atomic E-state index is 0.0323. The second-order valence-electron chi connectivity index (χ2n) is 5.15. The molecule has 20 heavy (non-hydrogen) atoms. The molecule has 2 unspecified atom stereocenters. The SMILES string of the molecule is CCc1ncc(S(=O)(=O)N2CCC(C)CC2C(=O)O)[nH]1. The van der Waals surface area contributed by atoms with E-state index in [0.29, 0.717) is 25.1 Å². The summed E-state index contributed by atoms with van der Waals surface area (Å²) in [4.78, 5) is 18.0. The van der Waals surface area contributed by atoms with Crippen molar-refractivity contribution in [1.29, 1.82) is 0 Å². The molecule has 0 radical (unpaired) electrons. The van der Waals surface area contributed by atoms with Gasteiger partial charge in [0, 0.05) is 13.0 Å². The second kappa shape index (κ2) is 5.53. The van der Waals surface area contributed by atoms with Crippen LogP contribution >= 0.6 is 0 Å². The van der Waals surface area contributed by atoms with Crippen LogP contribution in [0.2, 0.25) is 0 Å². The lowest BCUT2D eigenvalue weighted by molar-refractivity contribution is -0.143. The number of nitrogens with one attached hydrogen (secondary N) is 1. The summed E-state index contributed by atoms with van der Waals surface area (Å²) in [5, 5.41) is 9.22. The Hall–Kier alpha value is -1.41. The van der Waals surface area contributed by atoms with Gasteiger partial charge >= 0.3 is 5.97 Å². The van der Waals surface area contributed by atoms with Gasteiger partial charge in [0.2, 0.25) is 0 Å². The number of imidazole rings is 1. The maximum absolute atomic E-state index is 12.5. The van der Waals surface area contributed by atoms with Crippen LogP contribution in [0, 0.1) is 5.92 Å². The monoisotopic (exact) mass is 301 g/mol. The molecule has 0 aromatic carbocycles. The zero-order chi connectivity index (χ0) is 14.9. The number of aromatic nitrogens is 2. The van der Waals surface area contributed by atoms with Gasteiger partial charge in [0.15, 0.2) is 5.03 Å². The normalized spacial score (nSPS) is 24.7. The standard InChI is InChI=1S/C12H19N3O4S/c1-3-10-13-7-11(14-10)20(18,19)15-5-4-8(2)6-9(15)12(16)17/h7-9H,3-6H2,1-2H3,(H,13,14)(H,16,17). The molecule has 1 aromatic rings. The number of carboxylic acids is 1. The summed E-state index contributed by atoms with van der Waals surface area (Å²) in [7, 11) is -3.83. The van der Waals surface area contributed by atoms with E-state index in [-0.39, 0.29) is 17.5 Å². The van der Waals surface area contributed by atoms with E-state index in [1.807, 2.05) is 13.8 Å². The van der Waals surface area contributed by atoms with Crippen molar-refractivity contribution in [3.8, 4) is 0 Å². The van der Waals surface area contributed by atoms with E-state index in [4.69, 9.17) is 0 Å². The third kappa shape index (κ3) is 2.71. The quantitative estimate of drug-likeness (QED) is 0.858. The maximum Gasteiger partial charge on any atom is 0.322 e. The minimum Gasteiger partial charge on any atom is -0.480 e. The number of sulfonamides is 1. The van der Waals surface area contributed by atoms with Crippen molar-refractivity contribution in [1.82, 2.24) is 14.3 Å². The molecule has 8 heteroatoms. The van der Waals surface area contributed by atoms with Gasteiger partial charge in [-0.15, -0.1) is 0 Å². The fourth-order valence-corrected chi connectivity index (χ4v) is 3.95. The Balaban J connectivity index is 2.34. The van der Waals surface area contributed by atoms with E-state index in [1.54, 1.807) is 0 Å². The highest BCUT2D eigenvalue weighted by Gasteiger charge is 2.40. The van der Waals surface area contributed by atoms with E-state index in [0.717, 1.165) is 4.31 Å². The summed E-state index contributed by atoms with van der Waals surface area (Å²) >= 11 is 0. The van der Waals surface area contributed by atoms with Crippen molar-refractivity contribution in [3.63, 3.8) is 0 Å². The van der Waals surface area contributed by atoms with Crippen LogP contribution in [0.25, 0.3) is 0 Å². The van der Waals surface area contributed by atoms with Gasteiger partial charge in [-0.25, -0.2) is 13.4 Å². The van der Waals surface area contributed by atoms with E-state index < -0.39 is 22.0 Å². The number of H-pyrrole nitrogens is 1. The van der Waals surface area contributed by atoms with Crippen LogP contribution in [0.3, 0.4) is 0 Å². The van der Waals surface area contributed by atoms with Crippen molar-refractivity contribution < 1.29 is 18.3 Å². The minimum atomic E-state index is -3.83. The Bertz CT molecular complexity index is 596. The number of hydrogen-bond acceptors (Lipinski definition) is 4. The molecule has 2 heterocycles. The topological polar surface area (TPSA) is 103 Å². The van der Waals surface area contributed by atoms with Gasteiger partial charge in [-0.05, 0) is 18.8 Å². The number of aromatic amines is 1. The maximum atomic E-state index is 12.5. The Labute approximate surface area is 118 Å². The molecule has 1 fully saturated rings. The fourth-order valence-electron chi connectivity index (χ4n) is 2.41. The van der Waals surface area contributed by atoms with Crippen LogP contribution in [-0.2, 0) is 21.2 Å². The molecule has 0 saturated carbocycles. The molecule has 0 aliphatic carbocycles. The Morgan fingerprint density at radius 2 is 2.30 bits per heavy atom. The van der Waals surface area contributed by atoms with Crippen LogP contribution in [0.15, 0.2) is 11.2 Å². The van der Waals surface area contributed by atoms with Gasteiger partial charge in [0.1, 0.15) is 11.9 Å². The van der Waals surface area contributed by atoms with Crippen LogP contribution in [0.1, 0.15) is 32.5 Å². The lowest BCUT2D eigenvalue weighted by atomic mass is 9.94. The molecule has 0 amide bonds. The molecule has 112 valence electrons. The van der Waals surface area contributed by atoms with Gasteiger partial charge in [0.25, 0.3) is 10.0 Å². The van der Waals surface area contributed by atoms with Crippen molar-refractivity contribution in [2.24, 2.45) is 5.92 Å². The third-order valence-corrected chi connectivity index (χ3v) is 5.45. The van der Waals surface area contributed by atoms with Crippen LogP contribution in [0.5, 0.6) is 0 Å². The van der Waals surface area contributed by atoms with E-state index >= 15 is 0 Å². The summed E-state index contributed by atoms with van der Waals surface area (Å²) in [6.45, 7) is 4.02. The molecule has 0 spiro atoms. The Morgan fingerprint density at radius 3 is 2.85 bits per heavy atom. The average molecular weight is 301 g/mol. The molecule has 1 aromatic heterocycles. The first kappa shape index (κ1) is 15.0. The predicted octanol–water partition coefficient (Wildman–Crippen LogP) is 0.846. The zero-order valence-electron chi connectivity index (χ0n) is 11.5. The number of hydrogen-bond donors (Lipinski definition) is 2. The molecule has 7 nitrogen and oxygen atoms in total. The number of carbonyl (C=O) groups is 1. The van der Waals surface area contributed by atoms with Crippen LogP contribution in [0.4, 0.5) is 0 Å². The first-order valence-electron chi connectivity index (χ1n) is 6.64. The first-order chi connectivity index (χ1) is 9.36. The van der Waals surface area contributed by atoms with Crippen molar-refractivity contribution in [2.75, 3.05) is 6.54 Å². The molecular weight excluding hydrogens is 282 g/mol. The summed E-state index contributed by atoms with van der Waals surface area (Å²) < 4.78 is 26.1. The highest BCUT2D eigenvalue weighted by atomic mass is 32.2. The highest BCUT2D eigenvalue weighted by molar-refractivity contribution is 7.89. The molecule has 0 bridgehead atoms. The number of aryl methyl sites for hydroxylation is 1. The second-order valence-corrected chi connectivity index (χ2v) is 7.01. The number of rotatable bonds is 4. The van der Waals surface area contributed by atoms with Crippen molar-refractivity contribution >= 4 is 16.0 Å². The molecule has 2 N–H and O–H groups in total. The number of piperidine rings is 1. The van der Waals surface area contributed by atoms with E-state index in [2.05, 4.69) is 9.97 Å². The fraction of sp³-hybridized carbons (Fsp3) is 0.667. The number of carboxylic acid groups (broad SMARTS) is 1. The van der Waals surface area contributed by atoms with Crippen LogP contribution in [-0.4, -0.2) is 46.4 Å². The zero-order valence-corrected chi connectivity index (χ0v) is 12.4. The summed E-state index contributed by atoms with van der Waals surface area (Å²) in [5.74, 6) is -0.327. The third-order valence-electron chi connectivity index (χ3n) is 3.63. The van der Waals surface area contributed by atoms with Crippen LogP contribution < -0.4 is 0 Å². The van der Waals surface area contributed by atoms with Gasteiger partial charge in [0.05, 0.1) is 6.20 Å². The summed E-state index contributed by atoms with van der Waals surface area (Å²) in [6, 6.07) is -1.00. The predicted molar refractivity (Wildman–Crippen MR) is 71.7 cm³/mol. The Morgan fingerprint density at radius 1 is 1.60 bits per heavy atom. The largest absolute Gasteiger partial charge is 0.480 e. The molecule has 1 saturated heterocycles. The molecule has 2 atom stereocenters. The van der Waals surface area contributed by atoms with Gasteiger partial charge < -0.3 is 10.1 Å². The molecular formula is C12H19N3O4S. The molecule has 2 rings (SSSR count). The van der Waals surface area contributed by atoms with E-state index in [1.165, 1.54) is 6.20 Å². The lowest BCUT2D eigenvalue weighted by Crippen LogP contribution is -2.49. The van der Waals surface area contributed by atoms with E-state index in [9.17, 15) is 18.3 Å². The van der Waals surface area contributed by atoms with Gasteiger partial charge in [-0.3, -0.25) is 4.79 Å². The lowest BCUT2D eigenvalue weighted by Gasteiger charge is -2.34. The van der Waals surface area contributed by atoms with Crippen molar-refractivity contribution in [2.45, 2.75) is 44.2 Å². The Kier molecular flexibility index (Phi) is 4.14. The summed E-state index contributed by atoms with van der Waals surface area (Å²) in [5.41, 5.74) is 0. The van der Waals surface area contributed by atoms with Crippen molar-refractivity contribution in [3.05, 3.63) is 12.0 Å². The number of aliphatic carboxylic acids is 1. The van der Waals surface area contributed by atoms with Gasteiger partial charge in [-0.2, -0.15) is 4.31 Å². The number of nitrogens with zero attached hydrogens (tertiary/aromatic N) is 2. The molecule has 1 aliphatic rings. The highest BCUT2D eigenvalue weighted by Crippen LogP contribution is 2.28. The molecule has 1 aliphatic heterocycles. The van der Waals surface area contributed by atoms with Gasteiger partial charge in [-0.1, -0.05) is 13.8 Å².